The monoisotopic (exact) mass is 413 g/mol. The Morgan fingerprint density at radius 1 is 1.11 bits per heavy atom. The van der Waals surface area contributed by atoms with Crippen molar-refractivity contribution in [2.24, 2.45) is 0 Å². The molecule has 0 atom stereocenters. The topological polar surface area (TPSA) is 71.1 Å². The van der Waals surface area contributed by atoms with Gasteiger partial charge in [0.2, 0.25) is 5.91 Å². The van der Waals surface area contributed by atoms with Gasteiger partial charge in [-0.3, -0.25) is 9.59 Å². The second-order valence-electron chi connectivity index (χ2n) is 6.51. The van der Waals surface area contributed by atoms with Crippen LogP contribution in [0.3, 0.4) is 0 Å². The summed E-state index contributed by atoms with van der Waals surface area (Å²) in [6, 6.07) is 13.2. The molecule has 0 saturated heterocycles. The quantitative estimate of drug-likeness (QED) is 0.630. The highest BCUT2D eigenvalue weighted by Crippen LogP contribution is 2.24. The number of carbonyl (C=O) groups is 2. The zero-order valence-electron chi connectivity index (χ0n) is 15.6. The number of benzene rings is 2. The molecule has 0 fully saturated rings. The molecule has 2 amide bonds. The molecule has 2 N–H and O–H groups in total. The number of nitrogens with zero attached hydrogens (tertiary/aromatic N) is 1. The predicted molar refractivity (Wildman–Crippen MR) is 113 cm³/mol. The number of anilines is 1. The molecule has 0 spiro atoms. The average Bonchev–Trinajstić information content (AvgIpc) is 3.07. The molecule has 0 aliphatic carbocycles. The third kappa shape index (κ3) is 5.41. The molecule has 0 unspecified atom stereocenters. The highest BCUT2D eigenvalue weighted by atomic mass is 35.5. The number of carbonyl (C=O) groups excluding carboxylic acids is 2. The van der Waals surface area contributed by atoms with E-state index in [0.29, 0.717) is 22.1 Å². The molecule has 2 aromatic carbocycles. The Kier molecular flexibility index (Phi) is 6.44. The highest BCUT2D eigenvalue weighted by molar-refractivity contribution is 7.15. The fraction of sp³-hybridized carbons (Fsp3) is 0.190. The summed E-state index contributed by atoms with van der Waals surface area (Å²) in [6.07, 6.45) is 2.37. The fourth-order valence-corrected chi connectivity index (χ4v) is 3.86. The van der Waals surface area contributed by atoms with E-state index < -0.39 is 0 Å². The van der Waals surface area contributed by atoms with Crippen molar-refractivity contribution in [3.8, 4) is 0 Å². The minimum Gasteiger partial charge on any atom is -0.343 e. The van der Waals surface area contributed by atoms with E-state index in [1.807, 2.05) is 44.2 Å². The Bertz CT molecular complexity index is 996. The number of halogens is 1. The van der Waals surface area contributed by atoms with Gasteiger partial charge < -0.3 is 10.6 Å². The van der Waals surface area contributed by atoms with E-state index in [1.165, 1.54) is 11.3 Å². The lowest BCUT2D eigenvalue weighted by Crippen LogP contribution is -2.32. The van der Waals surface area contributed by atoms with E-state index in [2.05, 4.69) is 15.6 Å². The van der Waals surface area contributed by atoms with E-state index >= 15 is 0 Å². The molecule has 1 heterocycles. The van der Waals surface area contributed by atoms with E-state index in [-0.39, 0.29) is 18.4 Å². The average molecular weight is 414 g/mol. The maximum Gasteiger partial charge on any atom is 0.251 e. The van der Waals surface area contributed by atoms with E-state index in [0.717, 1.165) is 21.6 Å². The predicted octanol–water partition coefficient (Wildman–Crippen LogP) is 4.37. The molecule has 7 heteroatoms. The van der Waals surface area contributed by atoms with E-state index in [1.54, 1.807) is 18.3 Å². The third-order valence-corrected chi connectivity index (χ3v) is 5.30. The zero-order chi connectivity index (χ0) is 20.1. The van der Waals surface area contributed by atoms with Crippen molar-refractivity contribution in [1.82, 2.24) is 10.3 Å². The van der Waals surface area contributed by atoms with Crippen molar-refractivity contribution >= 4 is 39.9 Å². The van der Waals surface area contributed by atoms with Crippen LogP contribution in [0.25, 0.3) is 0 Å². The van der Waals surface area contributed by atoms with Gasteiger partial charge in [-0.2, -0.15) is 0 Å². The molecular weight excluding hydrogens is 394 g/mol. The smallest absolute Gasteiger partial charge is 0.251 e. The first-order valence-corrected chi connectivity index (χ1v) is 9.94. The number of aromatic nitrogens is 1. The van der Waals surface area contributed by atoms with Crippen LogP contribution in [0.4, 0.5) is 5.13 Å². The summed E-state index contributed by atoms with van der Waals surface area (Å²) in [6.45, 7) is 3.74. The van der Waals surface area contributed by atoms with Crippen molar-refractivity contribution in [2.45, 2.75) is 20.3 Å². The molecule has 0 saturated carbocycles. The first kappa shape index (κ1) is 20.0. The van der Waals surface area contributed by atoms with Gasteiger partial charge in [0.15, 0.2) is 5.13 Å². The Labute approximate surface area is 172 Å². The Hall–Kier alpha value is -2.70. The summed E-state index contributed by atoms with van der Waals surface area (Å²) >= 11 is 7.57. The molecule has 0 aliphatic rings. The minimum absolute atomic E-state index is 0.120. The number of hydrogen-bond donors (Lipinski definition) is 2. The summed E-state index contributed by atoms with van der Waals surface area (Å²) in [5.41, 5.74) is 3.56. The molecule has 0 radical (unpaired) electrons. The molecule has 0 bridgehead atoms. The molecular formula is C21H20ClN3O2S. The van der Waals surface area contributed by atoms with Crippen molar-refractivity contribution in [3.05, 3.63) is 80.8 Å². The largest absolute Gasteiger partial charge is 0.343 e. The summed E-state index contributed by atoms with van der Waals surface area (Å²) < 4.78 is 0. The SMILES string of the molecule is Cc1cc(C)cc(C(=O)NCC(=O)Nc2ncc(Cc3ccccc3Cl)s2)c1. The molecule has 3 rings (SSSR count). The summed E-state index contributed by atoms with van der Waals surface area (Å²) in [7, 11) is 0. The number of thiazole rings is 1. The maximum absolute atomic E-state index is 12.2. The number of rotatable bonds is 6. The first-order valence-electron chi connectivity index (χ1n) is 8.75. The van der Waals surface area contributed by atoms with Gasteiger partial charge in [0.1, 0.15) is 0 Å². The molecule has 3 aromatic rings. The lowest BCUT2D eigenvalue weighted by atomic mass is 10.1. The maximum atomic E-state index is 12.2. The number of aryl methyl sites for hydroxylation is 2. The van der Waals surface area contributed by atoms with Crippen molar-refractivity contribution < 1.29 is 9.59 Å². The Morgan fingerprint density at radius 3 is 2.54 bits per heavy atom. The van der Waals surface area contributed by atoms with Gasteiger partial charge >= 0.3 is 0 Å². The van der Waals surface area contributed by atoms with Gasteiger partial charge in [-0.05, 0) is 37.6 Å². The van der Waals surface area contributed by atoms with E-state index in [9.17, 15) is 9.59 Å². The highest BCUT2D eigenvalue weighted by Gasteiger charge is 2.11. The van der Waals surface area contributed by atoms with Crippen LogP contribution in [-0.2, 0) is 11.2 Å². The summed E-state index contributed by atoms with van der Waals surface area (Å²) in [4.78, 5) is 29.6. The van der Waals surface area contributed by atoms with Crippen molar-refractivity contribution in [1.29, 1.82) is 0 Å². The number of nitrogens with one attached hydrogen (secondary N) is 2. The van der Waals surface area contributed by atoms with Gasteiger partial charge in [0.05, 0.1) is 6.54 Å². The second-order valence-corrected chi connectivity index (χ2v) is 8.03. The molecule has 144 valence electrons. The van der Waals surface area contributed by atoms with Crippen LogP contribution < -0.4 is 10.6 Å². The molecule has 5 nitrogen and oxygen atoms in total. The molecule has 1 aromatic heterocycles. The van der Waals surface area contributed by atoms with Gasteiger partial charge in [0.25, 0.3) is 5.91 Å². The normalized spacial score (nSPS) is 10.5. The Balaban J connectivity index is 1.53. The van der Waals surface area contributed by atoms with E-state index in [4.69, 9.17) is 11.6 Å². The van der Waals surface area contributed by atoms with Crippen LogP contribution in [-0.4, -0.2) is 23.3 Å². The second kappa shape index (κ2) is 8.99. The van der Waals surface area contributed by atoms with Crippen LogP contribution in [0.15, 0.2) is 48.7 Å². The van der Waals surface area contributed by atoms with Crippen molar-refractivity contribution in [2.75, 3.05) is 11.9 Å². The number of hydrogen-bond acceptors (Lipinski definition) is 4. The Morgan fingerprint density at radius 2 is 1.82 bits per heavy atom. The molecule has 28 heavy (non-hydrogen) atoms. The zero-order valence-corrected chi connectivity index (χ0v) is 17.2. The lowest BCUT2D eigenvalue weighted by molar-refractivity contribution is -0.115. The number of amides is 2. The van der Waals surface area contributed by atoms with Crippen LogP contribution in [0.5, 0.6) is 0 Å². The molecule has 0 aliphatic heterocycles. The van der Waals surface area contributed by atoms with Gasteiger partial charge in [-0.15, -0.1) is 11.3 Å². The lowest BCUT2D eigenvalue weighted by Gasteiger charge is -2.07. The van der Waals surface area contributed by atoms with Gasteiger partial charge in [-0.25, -0.2) is 4.98 Å². The minimum atomic E-state index is -0.323. The standard InChI is InChI=1S/C21H20ClN3O2S/c1-13-7-14(2)9-16(8-13)20(27)23-12-19(26)25-21-24-11-17(28-21)10-15-5-3-4-6-18(15)22/h3-9,11H,10,12H2,1-2H3,(H,23,27)(H,24,25,26). The van der Waals surface area contributed by atoms with Crippen LogP contribution in [0, 0.1) is 13.8 Å². The first-order chi connectivity index (χ1) is 13.4. The van der Waals surface area contributed by atoms with Crippen LogP contribution in [0.1, 0.15) is 31.9 Å². The third-order valence-electron chi connectivity index (χ3n) is 4.02. The van der Waals surface area contributed by atoms with Crippen LogP contribution >= 0.6 is 22.9 Å². The van der Waals surface area contributed by atoms with Gasteiger partial charge in [-0.1, -0.05) is 47.0 Å². The summed E-state index contributed by atoms with van der Waals surface area (Å²) in [5.74, 6) is -0.600. The van der Waals surface area contributed by atoms with Crippen molar-refractivity contribution in [3.63, 3.8) is 0 Å². The fourth-order valence-electron chi connectivity index (χ4n) is 2.81. The van der Waals surface area contributed by atoms with Crippen LogP contribution in [0.2, 0.25) is 5.02 Å². The summed E-state index contributed by atoms with van der Waals surface area (Å²) in [5, 5.41) is 6.55. The van der Waals surface area contributed by atoms with Gasteiger partial charge in [0, 0.05) is 28.1 Å².